The number of benzene rings is 1. The van der Waals surface area contributed by atoms with Crippen LogP contribution in [-0.4, -0.2) is 17.2 Å². The summed E-state index contributed by atoms with van der Waals surface area (Å²) >= 11 is 0. The molecule has 0 radical (unpaired) electrons. The molecule has 23 heavy (non-hydrogen) atoms. The summed E-state index contributed by atoms with van der Waals surface area (Å²) in [6, 6.07) is 9.69. The van der Waals surface area contributed by atoms with E-state index in [1.54, 1.807) is 5.56 Å². The van der Waals surface area contributed by atoms with Gasteiger partial charge in [0.05, 0.1) is 0 Å². The van der Waals surface area contributed by atoms with Gasteiger partial charge in [0.25, 0.3) is 0 Å². The second-order valence-electron chi connectivity index (χ2n) is 7.66. The molecule has 2 unspecified atom stereocenters. The number of rotatable bonds is 6. The van der Waals surface area contributed by atoms with Crippen LogP contribution in [0.25, 0.3) is 10.9 Å². The maximum absolute atomic E-state index is 3.75. The van der Waals surface area contributed by atoms with Crippen molar-refractivity contribution in [3.8, 4) is 0 Å². The molecule has 2 aromatic rings. The lowest BCUT2D eigenvalue weighted by atomic mass is 9.81. The lowest BCUT2D eigenvalue weighted by Gasteiger charge is -2.30. The Kier molecular flexibility index (Phi) is 5.42. The Labute approximate surface area is 141 Å². The zero-order chi connectivity index (χ0) is 16.2. The van der Waals surface area contributed by atoms with Gasteiger partial charge in [-0.05, 0) is 55.7 Å². The van der Waals surface area contributed by atoms with Gasteiger partial charge in [0, 0.05) is 29.7 Å². The highest BCUT2D eigenvalue weighted by molar-refractivity contribution is 5.84. The molecule has 1 aliphatic rings. The molecule has 0 bridgehead atoms. The predicted molar refractivity (Wildman–Crippen MR) is 100 cm³/mol. The monoisotopic (exact) mass is 312 g/mol. The molecule has 2 heteroatoms. The summed E-state index contributed by atoms with van der Waals surface area (Å²) in [5.41, 5.74) is 3.00. The average molecular weight is 313 g/mol. The third-order valence-electron chi connectivity index (χ3n) is 5.18. The highest BCUT2D eigenvalue weighted by Gasteiger charge is 2.25. The minimum absolute atomic E-state index is 0.684. The fourth-order valence-corrected chi connectivity index (χ4v) is 4.15. The zero-order valence-corrected chi connectivity index (χ0v) is 15.0. The molecule has 2 nitrogen and oxygen atoms in total. The lowest BCUT2D eigenvalue weighted by Crippen LogP contribution is -2.33. The summed E-state index contributed by atoms with van der Waals surface area (Å²) in [7, 11) is 0. The largest absolute Gasteiger partial charge is 0.347 e. The topological polar surface area (TPSA) is 17.0 Å². The van der Waals surface area contributed by atoms with Crippen molar-refractivity contribution in [3.05, 3.63) is 36.0 Å². The molecule has 1 aromatic carbocycles. The van der Waals surface area contributed by atoms with Gasteiger partial charge in [0.1, 0.15) is 0 Å². The third kappa shape index (κ3) is 3.80. The van der Waals surface area contributed by atoms with E-state index < -0.39 is 0 Å². The minimum atomic E-state index is 0.684. The first-order valence-corrected chi connectivity index (χ1v) is 9.50. The number of nitrogens with one attached hydrogen (secondary N) is 1. The maximum Gasteiger partial charge on any atom is 0.0483 e. The van der Waals surface area contributed by atoms with Crippen LogP contribution < -0.4 is 5.32 Å². The van der Waals surface area contributed by atoms with Crippen LogP contribution in [0.5, 0.6) is 0 Å². The van der Waals surface area contributed by atoms with Gasteiger partial charge in [0.15, 0.2) is 0 Å². The molecule has 126 valence electrons. The first-order chi connectivity index (χ1) is 11.2. The quantitative estimate of drug-likeness (QED) is 0.763. The van der Waals surface area contributed by atoms with Crippen molar-refractivity contribution < 1.29 is 0 Å². The van der Waals surface area contributed by atoms with Crippen LogP contribution in [0.4, 0.5) is 0 Å². The van der Waals surface area contributed by atoms with Crippen molar-refractivity contribution in [3.63, 3.8) is 0 Å². The first kappa shape index (κ1) is 16.6. The Balaban J connectivity index is 1.86. The number of fused-ring (bicyclic) bond motifs is 1. The number of nitrogens with zero attached hydrogens (tertiary/aromatic N) is 1. The summed E-state index contributed by atoms with van der Waals surface area (Å²) in [4.78, 5) is 0. The zero-order valence-electron chi connectivity index (χ0n) is 15.0. The minimum Gasteiger partial charge on any atom is -0.347 e. The van der Waals surface area contributed by atoms with Crippen LogP contribution in [0.15, 0.2) is 30.5 Å². The number of para-hydroxylation sites is 1. The Hall–Kier alpha value is -1.28. The molecule has 1 saturated carbocycles. The average Bonchev–Trinajstić information content (AvgIpc) is 2.91. The highest BCUT2D eigenvalue weighted by Crippen LogP contribution is 2.37. The highest BCUT2D eigenvalue weighted by atomic mass is 15.0. The van der Waals surface area contributed by atoms with E-state index in [1.165, 1.54) is 43.0 Å². The molecular weight excluding hydrogens is 280 g/mol. The number of hydrogen-bond acceptors (Lipinski definition) is 1. The predicted octanol–water partition coefficient (Wildman–Crippen LogP) is 5.32. The normalized spacial score (nSPS) is 22.1. The van der Waals surface area contributed by atoms with Crippen molar-refractivity contribution in [1.29, 1.82) is 0 Å². The second-order valence-corrected chi connectivity index (χ2v) is 7.66. The van der Waals surface area contributed by atoms with E-state index in [0.717, 1.165) is 19.0 Å². The smallest absolute Gasteiger partial charge is 0.0483 e. The Bertz CT molecular complexity index is 626. The van der Waals surface area contributed by atoms with E-state index in [-0.39, 0.29) is 0 Å². The molecule has 1 aromatic heterocycles. The molecule has 0 amide bonds. The van der Waals surface area contributed by atoms with E-state index in [2.05, 4.69) is 61.1 Å². The van der Waals surface area contributed by atoms with Gasteiger partial charge in [-0.3, -0.25) is 0 Å². The molecule has 1 aliphatic carbocycles. The molecule has 0 aliphatic heterocycles. The fourth-order valence-electron chi connectivity index (χ4n) is 4.15. The summed E-state index contributed by atoms with van der Waals surface area (Å²) in [6.45, 7) is 9.14. The molecular formula is C21H32N2. The third-order valence-corrected chi connectivity index (χ3v) is 5.18. The van der Waals surface area contributed by atoms with Crippen LogP contribution in [0.1, 0.15) is 64.4 Å². The van der Waals surface area contributed by atoms with Crippen LogP contribution in [0.3, 0.4) is 0 Å². The molecule has 3 rings (SSSR count). The first-order valence-electron chi connectivity index (χ1n) is 9.50. The van der Waals surface area contributed by atoms with Gasteiger partial charge in [-0.15, -0.1) is 0 Å². The molecule has 0 saturated heterocycles. The summed E-state index contributed by atoms with van der Waals surface area (Å²) in [6.07, 6.45) is 9.04. The van der Waals surface area contributed by atoms with Crippen molar-refractivity contribution in [2.45, 2.75) is 71.4 Å². The fraction of sp³-hybridized carbons (Fsp3) is 0.619. The van der Waals surface area contributed by atoms with Crippen molar-refractivity contribution in [1.82, 2.24) is 9.88 Å². The molecule has 0 spiro atoms. The van der Waals surface area contributed by atoms with Gasteiger partial charge < -0.3 is 9.88 Å². The van der Waals surface area contributed by atoms with Gasteiger partial charge >= 0.3 is 0 Å². The summed E-state index contributed by atoms with van der Waals surface area (Å²) in [5.74, 6) is 1.40. The molecule has 1 fully saturated rings. The Morgan fingerprint density at radius 2 is 2.04 bits per heavy atom. The van der Waals surface area contributed by atoms with E-state index >= 15 is 0 Å². The van der Waals surface area contributed by atoms with Crippen molar-refractivity contribution >= 4 is 10.9 Å². The maximum atomic E-state index is 3.75. The van der Waals surface area contributed by atoms with E-state index in [9.17, 15) is 0 Å². The van der Waals surface area contributed by atoms with Crippen molar-refractivity contribution in [2.24, 2.45) is 5.92 Å². The van der Waals surface area contributed by atoms with Gasteiger partial charge in [-0.2, -0.15) is 0 Å². The van der Waals surface area contributed by atoms with E-state index in [0.29, 0.717) is 12.0 Å². The van der Waals surface area contributed by atoms with Gasteiger partial charge in [-0.1, -0.05) is 45.4 Å². The summed E-state index contributed by atoms with van der Waals surface area (Å²) < 4.78 is 2.48. The standard InChI is InChI=1S/C21H32N2/c1-4-12-22-18-9-7-8-17(13-18)20-15-23(14-16(2)3)21-11-6-5-10-19(20)21/h5-6,10-11,15-18,22H,4,7-9,12-14H2,1-3H3. The molecule has 1 heterocycles. The van der Waals surface area contributed by atoms with Crippen molar-refractivity contribution in [2.75, 3.05) is 6.54 Å². The van der Waals surface area contributed by atoms with Gasteiger partial charge in [0.2, 0.25) is 0 Å². The molecule has 2 atom stereocenters. The number of aromatic nitrogens is 1. The Morgan fingerprint density at radius 1 is 1.22 bits per heavy atom. The van der Waals surface area contributed by atoms with Crippen LogP contribution >= 0.6 is 0 Å². The van der Waals surface area contributed by atoms with Gasteiger partial charge in [-0.25, -0.2) is 0 Å². The lowest BCUT2D eigenvalue weighted by molar-refractivity contribution is 0.340. The Morgan fingerprint density at radius 3 is 2.83 bits per heavy atom. The summed E-state index contributed by atoms with van der Waals surface area (Å²) in [5, 5.41) is 5.23. The SMILES string of the molecule is CCCNC1CCCC(c2cn(CC(C)C)c3ccccc23)C1. The van der Waals surface area contributed by atoms with Crippen LogP contribution in [0.2, 0.25) is 0 Å². The van der Waals surface area contributed by atoms with Crippen LogP contribution in [-0.2, 0) is 6.54 Å². The van der Waals surface area contributed by atoms with Crippen LogP contribution in [0, 0.1) is 5.92 Å². The van der Waals surface area contributed by atoms with E-state index in [1.807, 2.05) is 0 Å². The number of hydrogen-bond donors (Lipinski definition) is 1. The van der Waals surface area contributed by atoms with E-state index in [4.69, 9.17) is 0 Å². The molecule has 1 N–H and O–H groups in total. The second kappa shape index (κ2) is 7.53.